The Hall–Kier alpha value is -4.81. The number of nitro groups is 1. The number of nitrogens with one attached hydrogen (secondary N) is 2. The summed E-state index contributed by atoms with van der Waals surface area (Å²) >= 11 is 0. The van der Waals surface area contributed by atoms with Crippen molar-refractivity contribution in [2.24, 2.45) is 5.92 Å². The Morgan fingerprint density at radius 3 is 2.46 bits per heavy atom. The number of carbonyl (C=O) groups is 5. The van der Waals surface area contributed by atoms with E-state index in [4.69, 9.17) is 9.47 Å². The van der Waals surface area contributed by atoms with Crippen molar-refractivity contribution < 1.29 is 38.4 Å². The van der Waals surface area contributed by atoms with E-state index in [1.54, 1.807) is 0 Å². The van der Waals surface area contributed by atoms with Crippen molar-refractivity contribution >= 4 is 41.0 Å². The van der Waals surface area contributed by atoms with Gasteiger partial charge < -0.3 is 14.8 Å². The van der Waals surface area contributed by atoms with E-state index in [1.807, 2.05) is 6.92 Å². The van der Waals surface area contributed by atoms with E-state index < -0.39 is 52.8 Å². The molecule has 1 heterocycles. The summed E-state index contributed by atoms with van der Waals surface area (Å²) in [4.78, 5) is 71.4. The van der Waals surface area contributed by atoms with Gasteiger partial charge in [-0.2, -0.15) is 0 Å². The Balaban J connectivity index is 1.47. The van der Waals surface area contributed by atoms with Crippen LogP contribution in [0.1, 0.15) is 40.5 Å². The van der Waals surface area contributed by atoms with E-state index in [2.05, 4.69) is 10.7 Å². The van der Waals surface area contributed by atoms with Crippen LogP contribution in [0.3, 0.4) is 0 Å². The maximum atomic E-state index is 12.4. The predicted octanol–water partition coefficient (Wildman–Crippen LogP) is 1.84. The van der Waals surface area contributed by atoms with Gasteiger partial charge in [-0.05, 0) is 36.8 Å². The molecule has 2 N–H and O–H groups in total. The monoisotopic (exact) mass is 512 g/mol. The maximum absolute atomic E-state index is 12.4. The lowest BCUT2D eigenvalue weighted by atomic mass is 10.1. The molecule has 1 saturated heterocycles. The third-order valence-electron chi connectivity index (χ3n) is 5.23. The number of nitrogens with zero attached hydrogens (tertiary/aromatic N) is 2. The quantitative estimate of drug-likeness (QED) is 0.273. The summed E-state index contributed by atoms with van der Waals surface area (Å²) in [7, 11) is 0. The van der Waals surface area contributed by atoms with Crippen LogP contribution in [-0.4, -0.2) is 59.4 Å². The summed E-state index contributed by atoms with van der Waals surface area (Å²) in [5.74, 6) is -4.35. The van der Waals surface area contributed by atoms with Crippen LogP contribution in [-0.2, 0) is 23.9 Å². The second-order valence-corrected chi connectivity index (χ2v) is 7.99. The van der Waals surface area contributed by atoms with Crippen LogP contribution in [0.15, 0.2) is 48.5 Å². The van der Waals surface area contributed by atoms with Gasteiger partial charge in [0.2, 0.25) is 5.91 Å². The highest BCUT2D eigenvalue weighted by molar-refractivity contribution is 6.00. The van der Waals surface area contributed by atoms with E-state index in [1.165, 1.54) is 42.5 Å². The number of para-hydroxylation sites is 1. The third kappa shape index (κ3) is 7.10. The number of anilines is 1. The molecule has 3 amide bonds. The minimum atomic E-state index is -0.945. The Labute approximate surface area is 210 Å². The molecule has 0 saturated carbocycles. The SMILES string of the molecule is CCCOC(=O)c1ccc(NC(=O)COC(=O)[C@H]2CC(=O)N(NC(=O)c3ccccc3[N+](=O)[O-])C2)cc1. The van der Waals surface area contributed by atoms with Gasteiger partial charge in [0.1, 0.15) is 5.56 Å². The first kappa shape index (κ1) is 26.8. The van der Waals surface area contributed by atoms with Crippen LogP contribution in [0, 0.1) is 16.0 Å². The predicted molar refractivity (Wildman–Crippen MR) is 127 cm³/mol. The largest absolute Gasteiger partial charge is 0.462 e. The normalized spacial score (nSPS) is 14.6. The first-order chi connectivity index (χ1) is 17.7. The fraction of sp³-hybridized carbons (Fsp3) is 0.292. The van der Waals surface area contributed by atoms with Crippen molar-refractivity contribution in [3.63, 3.8) is 0 Å². The van der Waals surface area contributed by atoms with Gasteiger partial charge in [0.25, 0.3) is 17.5 Å². The smallest absolute Gasteiger partial charge is 0.338 e. The molecule has 1 aliphatic heterocycles. The van der Waals surface area contributed by atoms with E-state index >= 15 is 0 Å². The van der Waals surface area contributed by atoms with Gasteiger partial charge in [-0.25, -0.2) is 4.79 Å². The number of nitro benzene ring substituents is 1. The van der Waals surface area contributed by atoms with Crippen LogP contribution in [0.5, 0.6) is 0 Å². The number of hydrazine groups is 1. The highest BCUT2D eigenvalue weighted by atomic mass is 16.6. The first-order valence-corrected chi connectivity index (χ1v) is 11.3. The molecule has 194 valence electrons. The lowest BCUT2D eigenvalue weighted by molar-refractivity contribution is -0.385. The van der Waals surface area contributed by atoms with Crippen LogP contribution >= 0.6 is 0 Å². The summed E-state index contributed by atoms with van der Waals surface area (Å²) < 4.78 is 10.0. The summed E-state index contributed by atoms with van der Waals surface area (Å²) in [5, 5.41) is 14.5. The van der Waals surface area contributed by atoms with Crippen LogP contribution < -0.4 is 10.7 Å². The number of benzene rings is 2. The molecule has 0 bridgehead atoms. The molecule has 1 fully saturated rings. The molecule has 3 rings (SSSR count). The lowest BCUT2D eigenvalue weighted by Gasteiger charge is -2.17. The molecule has 2 aromatic carbocycles. The first-order valence-electron chi connectivity index (χ1n) is 11.3. The average molecular weight is 512 g/mol. The minimum Gasteiger partial charge on any atom is -0.462 e. The topological polar surface area (TPSA) is 174 Å². The van der Waals surface area contributed by atoms with Gasteiger partial charge in [-0.15, -0.1) is 0 Å². The molecule has 37 heavy (non-hydrogen) atoms. The van der Waals surface area contributed by atoms with Crippen LogP contribution in [0.25, 0.3) is 0 Å². The van der Waals surface area contributed by atoms with Gasteiger partial charge in [0, 0.05) is 18.2 Å². The highest BCUT2D eigenvalue weighted by Crippen LogP contribution is 2.21. The minimum absolute atomic E-state index is 0.221. The van der Waals surface area contributed by atoms with Crippen molar-refractivity contribution in [3.05, 3.63) is 69.8 Å². The Bertz CT molecular complexity index is 1210. The molecular weight excluding hydrogens is 488 g/mol. The van der Waals surface area contributed by atoms with Gasteiger partial charge in [-0.1, -0.05) is 19.1 Å². The summed E-state index contributed by atoms with van der Waals surface area (Å²) in [6.45, 7) is 1.33. The zero-order valence-corrected chi connectivity index (χ0v) is 19.8. The number of esters is 2. The van der Waals surface area contributed by atoms with Crippen molar-refractivity contribution in [2.45, 2.75) is 19.8 Å². The fourth-order valence-corrected chi connectivity index (χ4v) is 3.40. The van der Waals surface area contributed by atoms with Gasteiger partial charge in [0.15, 0.2) is 6.61 Å². The molecule has 0 aromatic heterocycles. The molecule has 0 aliphatic carbocycles. The lowest BCUT2D eigenvalue weighted by Crippen LogP contribution is -2.43. The van der Waals surface area contributed by atoms with E-state index in [-0.39, 0.29) is 18.5 Å². The van der Waals surface area contributed by atoms with Gasteiger partial charge in [-0.3, -0.25) is 39.7 Å². The number of amides is 3. The number of hydrogen-bond donors (Lipinski definition) is 2. The van der Waals surface area contributed by atoms with Crippen molar-refractivity contribution in [1.29, 1.82) is 0 Å². The summed E-state index contributed by atoms with van der Waals surface area (Å²) in [6.07, 6.45) is 0.423. The summed E-state index contributed by atoms with van der Waals surface area (Å²) in [6, 6.07) is 11.2. The number of carbonyl (C=O) groups excluding carboxylic acids is 5. The number of ether oxygens (including phenoxy) is 2. The Morgan fingerprint density at radius 1 is 1.08 bits per heavy atom. The average Bonchev–Trinajstić information content (AvgIpc) is 3.26. The summed E-state index contributed by atoms with van der Waals surface area (Å²) in [5.41, 5.74) is 2.28. The van der Waals surface area contributed by atoms with Crippen molar-refractivity contribution in [2.75, 3.05) is 25.1 Å². The molecule has 13 nitrogen and oxygen atoms in total. The highest BCUT2D eigenvalue weighted by Gasteiger charge is 2.37. The fourth-order valence-electron chi connectivity index (χ4n) is 3.40. The molecule has 13 heteroatoms. The van der Waals surface area contributed by atoms with E-state index in [0.29, 0.717) is 24.3 Å². The maximum Gasteiger partial charge on any atom is 0.338 e. The van der Waals surface area contributed by atoms with Gasteiger partial charge in [0.05, 0.1) is 29.6 Å². The third-order valence-corrected chi connectivity index (χ3v) is 5.23. The van der Waals surface area contributed by atoms with Crippen LogP contribution in [0.4, 0.5) is 11.4 Å². The zero-order chi connectivity index (χ0) is 26.9. The number of hydrogen-bond acceptors (Lipinski definition) is 9. The zero-order valence-electron chi connectivity index (χ0n) is 19.8. The number of rotatable bonds is 10. The Morgan fingerprint density at radius 2 is 1.78 bits per heavy atom. The molecule has 0 unspecified atom stereocenters. The van der Waals surface area contributed by atoms with E-state index in [0.717, 1.165) is 11.1 Å². The molecule has 1 aliphatic rings. The van der Waals surface area contributed by atoms with Gasteiger partial charge >= 0.3 is 11.9 Å². The van der Waals surface area contributed by atoms with Crippen molar-refractivity contribution in [3.8, 4) is 0 Å². The second-order valence-electron chi connectivity index (χ2n) is 7.99. The molecule has 0 spiro atoms. The molecule has 1 atom stereocenters. The molecular formula is C24H24N4O9. The second kappa shape index (κ2) is 12.2. The molecule has 2 aromatic rings. The van der Waals surface area contributed by atoms with Crippen LogP contribution in [0.2, 0.25) is 0 Å². The standard InChI is InChI=1S/C24H24N4O9/c1-2-11-36-23(32)15-7-9-17(10-8-15)25-20(29)14-37-24(33)16-12-21(30)27(13-16)26-22(31)18-5-3-4-6-19(18)28(34)35/h3-10,16H,2,11-14H2,1H3,(H,25,29)(H,26,31)/t16-/m0/s1. The Kier molecular flexibility index (Phi) is 8.86. The van der Waals surface area contributed by atoms with Crippen molar-refractivity contribution in [1.82, 2.24) is 10.4 Å². The van der Waals surface area contributed by atoms with E-state index in [9.17, 15) is 34.1 Å². The molecule has 0 radical (unpaired) electrons.